The zero-order valence-corrected chi connectivity index (χ0v) is 8.00. The molecule has 0 unspecified atom stereocenters. The van der Waals surface area contributed by atoms with E-state index in [1.807, 2.05) is 0 Å². The van der Waals surface area contributed by atoms with Crippen LogP contribution in [0, 0.1) is 10.1 Å². The van der Waals surface area contributed by atoms with Gasteiger partial charge in [0.15, 0.2) is 17.2 Å². The summed E-state index contributed by atoms with van der Waals surface area (Å²) in [5.41, 5.74) is -0.406. The molecule has 0 saturated heterocycles. The number of benzene rings is 1. The molecule has 0 spiro atoms. The number of nitro groups is 1. The Morgan fingerprint density at radius 1 is 1.31 bits per heavy atom. The third kappa shape index (κ3) is 1.71. The Kier molecular flexibility index (Phi) is 2.53. The molecule has 1 aromatic rings. The first-order chi connectivity index (χ1) is 7.72. The largest absolute Gasteiger partial charge is 0.486 e. The van der Waals surface area contributed by atoms with Gasteiger partial charge in [-0.3, -0.25) is 10.1 Å². The third-order valence-corrected chi connectivity index (χ3v) is 2.00. The first kappa shape index (κ1) is 10.1. The van der Waals surface area contributed by atoms with Crippen LogP contribution in [0.25, 0.3) is 0 Å². The first-order valence-corrected chi connectivity index (χ1v) is 4.38. The molecule has 0 radical (unpaired) electrons. The van der Waals surface area contributed by atoms with Crippen LogP contribution in [0.1, 0.15) is 0 Å². The van der Waals surface area contributed by atoms with E-state index in [-0.39, 0.29) is 17.1 Å². The fraction of sp³-hybridized carbons (Fsp3) is 0.222. The summed E-state index contributed by atoms with van der Waals surface area (Å²) < 4.78 is 10.4. The molecular weight excluding hydrogens is 216 g/mol. The minimum Gasteiger partial charge on any atom is -0.486 e. The molecule has 0 fully saturated rings. The van der Waals surface area contributed by atoms with Crippen molar-refractivity contribution in [2.45, 2.75) is 0 Å². The van der Waals surface area contributed by atoms with Gasteiger partial charge >= 0.3 is 0 Å². The van der Waals surface area contributed by atoms with Crippen LogP contribution in [-0.4, -0.2) is 24.2 Å². The van der Waals surface area contributed by atoms with Gasteiger partial charge in [0.25, 0.3) is 5.69 Å². The number of nitro benzene ring substituents is 1. The van der Waals surface area contributed by atoms with E-state index in [1.165, 1.54) is 18.2 Å². The maximum Gasteiger partial charge on any atom is 0.299 e. The maximum absolute atomic E-state index is 10.7. The van der Waals surface area contributed by atoms with E-state index in [9.17, 15) is 14.9 Å². The van der Waals surface area contributed by atoms with Crippen molar-refractivity contribution in [3.05, 3.63) is 22.2 Å². The van der Waals surface area contributed by atoms with E-state index in [1.54, 1.807) is 0 Å². The Morgan fingerprint density at radius 3 is 2.50 bits per heavy atom. The van der Waals surface area contributed by atoms with Gasteiger partial charge in [0.05, 0.1) is 11.0 Å². The van der Waals surface area contributed by atoms with Gasteiger partial charge in [0.2, 0.25) is 6.08 Å². The molecule has 2 rings (SSSR count). The Bertz CT molecular complexity index is 462. The average molecular weight is 222 g/mol. The third-order valence-electron chi connectivity index (χ3n) is 2.00. The van der Waals surface area contributed by atoms with Crippen molar-refractivity contribution < 1.29 is 19.2 Å². The quantitative estimate of drug-likeness (QED) is 0.326. The highest BCUT2D eigenvalue weighted by molar-refractivity contribution is 5.68. The summed E-state index contributed by atoms with van der Waals surface area (Å²) in [6, 6.07) is 2.47. The molecule has 0 N–H and O–H groups in total. The van der Waals surface area contributed by atoms with Crippen LogP contribution in [0.4, 0.5) is 11.4 Å². The highest BCUT2D eigenvalue weighted by Crippen LogP contribution is 2.40. The van der Waals surface area contributed by atoms with Crippen molar-refractivity contribution in [1.29, 1.82) is 0 Å². The number of fused-ring (bicyclic) bond motifs is 1. The summed E-state index contributed by atoms with van der Waals surface area (Å²) in [5, 5.41) is 10.7. The highest BCUT2D eigenvalue weighted by atomic mass is 16.6. The molecule has 16 heavy (non-hydrogen) atoms. The number of aliphatic imine (C=N–C) groups is 1. The van der Waals surface area contributed by atoms with Crippen molar-refractivity contribution in [3.63, 3.8) is 0 Å². The molecule has 1 aromatic carbocycles. The van der Waals surface area contributed by atoms with E-state index in [2.05, 4.69) is 4.99 Å². The molecule has 0 atom stereocenters. The number of carbonyl (C=O) groups excluding carboxylic acids is 1. The SMILES string of the molecule is O=C=Nc1cc2c(cc1[N+](=O)[O-])OCCO2. The predicted molar refractivity (Wildman–Crippen MR) is 51.9 cm³/mol. The molecule has 7 nitrogen and oxygen atoms in total. The van der Waals surface area contributed by atoms with E-state index in [4.69, 9.17) is 9.47 Å². The number of hydrogen-bond donors (Lipinski definition) is 0. The summed E-state index contributed by atoms with van der Waals surface area (Å²) in [4.78, 5) is 23.4. The van der Waals surface area contributed by atoms with Gasteiger partial charge in [-0.15, -0.1) is 0 Å². The van der Waals surface area contributed by atoms with Crippen LogP contribution in [0.3, 0.4) is 0 Å². The fourth-order valence-corrected chi connectivity index (χ4v) is 1.35. The minimum absolute atomic E-state index is 0.0933. The van der Waals surface area contributed by atoms with Gasteiger partial charge in [-0.25, -0.2) is 4.79 Å². The lowest BCUT2D eigenvalue weighted by atomic mass is 10.2. The first-order valence-electron chi connectivity index (χ1n) is 4.38. The Morgan fingerprint density at radius 2 is 1.94 bits per heavy atom. The summed E-state index contributed by atoms with van der Waals surface area (Å²) >= 11 is 0. The predicted octanol–water partition coefficient (Wildman–Crippen LogP) is 1.33. The topological polar surface area (TPSA) is 91.0 Å². The van der Waals surface area contributed by atoms with Crippen molar-refractivity contribution in [3.8, 4) is 11.5 Å². The second-order valence-electron chi connectivity index (χ2n) is 2.94. The number of ether oxygens (including phenoxy) is 2. The lowest BCUT2D eigenvalue weighted by molar-refractivity contribution is -0.384. The minimum atomic E-state index is -0.644. The van der Waals surface area contributed by atoms with Crippen LogP contribution in [-0.2, 0) is 4.79 Å². The van der Waals surface area contributed by atoms with Crippen molar-refractivity contribution in [1.82, 2.24) is 0 Å². The lowest BCUT2D eigenvalue weighted by Gasteiger charge is -2.17. The molecular formula is C9H6N2O5. The molecule has 1 aliphatic rings. The molecule has 0 saturated carbocycles. The highest BCUT2D eigenvalue weighted by Gasteiger charge is 2.21. The van der Waals surface area contributed by atoms with Crippen molar-refractivity contribution in [2.24, 2.45) is 4.99 Å². The Hall–Kier alpha value is -2.40. The summed E-state index contributed by atoms with van der Waals surface area (Å²) in [7, 11) is 0. The van der Waals surface area contributed by atoms with Crippen LogP contribution >= 0.6 is 0 Å². The Labute approximate surface area is 89.5 Å². The summed E-state index contributed by atoms with van der Waals surface area (Å²) in [6.45, 7) is 0.690. The van der Waals surface area contributed by atoms with Gasteiger partial charge in [-0.2, -0.15) is 4.99 Å². The van der Waals surface area contributed by atoms with Gasteiger partial charge < -0.3 is 9.47 Å². The molecule has 0 aromatic heterocycles. The molecule has 7 heteroatoms. The van der Waals surface area contributed by atoms with E-state index < -0.39 is 4.92 Å². The smallest absolute Gasteiger partial charge is 0.299 e. The molecule has 1 heterocycles. The van der Waals surface area contributed by atoms with Crippen LogP contribution in [0.2, 0.25) is 0 Å². The summed E-state index contributed by atoms with van der Waals surface area (Å²) in [6.07, 6.45) is 1.26. The second kappa shape index (κ2) is 4.00. The maximum atomic E-state index is 10.7. The van der Waals surface area contributed by atoms with E-state index in [0.29, 0.717) is 19.0 Å². The van der Waals surface area contributed by atoms with Crippen molar-refractivity contribution >= 4 is 17.5 Å². The standard InChI is InChI=1S/C9H6N2O5/c12-5-10-6-3-8-9(16-2-1-15-8)4-7(6)11(13)14/h3-4H,1-2H2. The second-order valence-corrected chi connectivity index (χ2v) is 2.94. The zero-order chi connectivity index (χ0) is 11.5. The molecule has 1 aliphatic heterocycles. The monoisotopic (exact) mass is 222 g/mol. The normalized spacial score (nSPS) is 12.8. The van der Waals surface area contributed by atoms with E-state index in [0.717, 1.165) is 0 Å². The van der Waals surface area contributed by atoms with Gasteiger partial charge in [-0.1, -0.05) is 0 Å². The van der Waals surface area contributed by atoms with Crippen LogP contribution in [0.5, 0.6) is 11.5 Å². The van der Waals surface area contributed by atoms with Crippen LogP contribution < -0.4 is 9.47 Å². The van der Waals surface area contributed by atoms with Gasteiger partial charge in [-0.05, 0) is 0 Å². The molecule has 0 aliphatic carbocycles. The number of nitrogens with zero attached hydrogens (tertiary/aromatic N) is 2. The number of hydrogen-bond acceptors (Lipinski definition) is 6. The average Bonchev–Trinajstić information content (AvgIpc) is 2.28. The van der Waals surface area contributed by atoms with E-state index >= 15 is 0 Å². The molecule has 0 amide bonds. The van der Waals surface area contributed by atoms with Crippen LogP contribution in [0.15, 0.2) is 17.1 Å². The lowest BCUT2D eigenvalue weighted by Crippen LogP contribution is -2.15. The molecule has 82 valence electrons. The zero-order valence-electron chi connectivity index (χ0n) is 8.00. The Balaban J connectivity index is 2.58. The van der Waals surface area contributed by atoms with Gasteiger partial charge in [0.1, 0.15) is 13.2 Å². The van der Waals surface area contributed by atoms with Gasteiger partial charge in [0, 0.05) is 6.07 Å². The number of isocyanates is 1. The molecule has 0 bridgehead atoms. The number of rotatable bonds is 2. The van der Waals surface area contributed by atoms with Crippen molar-refractivity contribution in [2.75, 3.05) is 13.2 Å². The summed E-state index contributed by atoms with van der Waals surface area (Å²) in [5.74, 6) is 0.619. The fourth-order valence-electron chi connectivity index (χ4n) is 1.35.